The van der Waals surface area contributed by atoms with Crippen molar-refractivity contribution in [2.45, 2.75) is 46.8 Å². The van der Waals surface area contributed by atoms with Crippen LogP contribution >= 0.6 is 11.6 Å². The molecule has 108 valence electrons. The van der Waals surface area contributed by atoms with Crippen LogP contribution in [0.3, 0.4) is 0 Å². The highest BCUT2D eigenvalue weighted by molar-refractivity contribution is 6.31. The zero-order chi connectivity index (χ0) is 14.6. The molecule has 0 fully saturated rings. The van der Waals surface area contributed by atoms with Gasteiger partial charge in [-0.2, -0.15) is 0 Å². The largest absolute Gasteiger partial charge is 0.391 e. The fraction of sp³-hybridized carbons (Fsp3) is 0.643. The number of aromatic nitrogens is 1. The van der Waals surface area contributed by atoms with Crippen molar-refractivity contribution in [3.63, 3.8) is 0 Å². The van der Waals surface area contributed by atoms with Crippen LogP contribution in [0.15, 0.2) is 12.3 Å². The van der Waals surface area contributed by atoms with E-state index in [4.69, 9.17) is 11.6 Å². The van der Waals surface area contributed by atoms with Gasteiger partial charge in [0.25, 0.3) is 5.91 Å². The lowest BCUT2D eigenvalue weighted by Crippen LogP contribution is -2.35. The van der Waals surface area contributed by atoms with E-state index in [0.717, 1.165) is 0 Å². The van der Waals surface area contributed by atoms with Crippen LogP contribution in [0.1, 0.15) is 44.6 Å². The third-order valence-electron chi connectivity index (χ3n) is 2.78. The first kappa shape index (κ1) is 16.1. The van der Waals surface area contributed by atoms with E-state index in [1.807, 2.05) is 6.92 Å². The van der Waals surface area contributed by atoms with E-state index in [-0.39, 0.29) is 17.9 Å². The Morgan fingerprint density at radius 1 is 1.53 bits per heavy atom. The molecule has 1 aromatic heterocycles. The standard InChI is InChI=1S/C14H23ClN2O2/c1-5-17-9-10(15)6-12(17)13(19)16-8-11(18)7-14(2,3)4/h6,9,11,18H,5,7-8H2,1-4H3,(H,16,19). The average molecular weight is 287 g/mol. The third-order valence-corrected chi connectivity index (χ3v) is 2.99. The molecule has 0 saturated heterocycles. The Labute approximate surface area is 119 Å². The highest BCUT2D eigenvalue weighted by Crippen LogP contribution is 2.20. The highest BCUT2D eigenvalue weighted by atomic mass is 35.5. The van der Waals surface area contributed by atoms with Gasteiger partial charge in [-0.3, -0.25) is 4.79 Å². The van der Waals surface area contributed by atoms with Gasteiger partial charge in [0.05, 0.1) is 11.1 Å². The molecule has 1 unspecified atom stereocenters. The number of aliphatic hydroxyl groups excluding tert-OH is 1. The second-order valence-corrected chi connectivity index (χ2v) is 6.39. The van der Waals surface area contributed by atoms with E-state index in [1.165, 1.54) is 0 Å². The summed E-state index contributed by atoms with van der Waals surface area (Å²) >= 11 is 5.89. The molecule has 0 aliphatic carbocycles. The monoisotopic (exact) mass is 286 g/mol. The molecule has 0 spiro atoms. The fourth-order valence-corrected chi connectivity index (χ4v) is 2.23. The van der Waals surface area contributed by atoms with Crippen molar-refractivity contribution in [3.8, 4) is 0 Å². The maximum atomic E-state index is 12.0. The number of aryl methyl sites for hydroxylation is 1. The SMILES string of the molecule is CCn1cc(Cl)cc1C(=O)NCC(O)CC(C)(C)C. The Morgan fingerprint density at radius 3 is 2.68 bits per heavy atom. The number of carbonyl (C=O) groups is 1. The minimum atomic E-state index is -0.538. The zero-order valence-electron chi connectivity index (χ0n) is 12.0. The summed E-state index contributed by atoms with van der Waals surface area (Å²) in [5, 5.41) is 13.1. The lowest BCUT2D eigenvalue weighted by atomic mass is 9.89. The van der Waals surface area contributed by atoms with Crippen LogP contribution < -0.4 is 5.32 Å². The van der Waals surface area contributed by atoms with Crippen LogP contribution in [-0.2, 0) is 6.54 Å². The van der Waals surface area contributed by atoms with E-state index in [1.54, 1.807) is 16.8 Å². The number of carbonyl (C=O) groups excluding carboxylic acids is 1. The minimum Gasteiger partial charge on any atom is -0.391 e. The van der Waals surface area contributed by atoms with Gasteiger partial charge in [-0.05, 0) is 24.8 Å². The van der Waals surface area contributed by atoms with Crippen LogP contribution in [0.4, 0.5) is 0 Å². The van der Waals surface area contributed by atoms with Crippen LogP contribution in [-0.4, -0.2) is 28.2 Å². The second kappa shape index (κ2) is 6.44. The molecule has 0 saturated carbocycles. The predicted molar refractivity (Wildman–Crippen MR) is 77.5 cm³/mol. The first-order chi connectivity index (χ1) is 8.73. The van der Waals surface area contributed by atoms with Gasteiger partial charge in [-0.25, -0.2) is 0 Å². The predicted octanol–water partition coefficient (Wildman–Crippen LogP) is 2.69. The molecule has 0 aliphatic heterocycles. The topological polar surface area (TPSA) is 54.3 Å². The minimum absolute atomic E-state index is 0.0388. The zero-order valence-corrected chi connectivity index (χ0v) is 12.8. The Morgan fingerprint density at radius 2 is 2.16 bits per heavy atom. The van der Waals surface area contributed by atoms with E-state index >= 15 is 0 Å². The van der Waals surface area contributed by atoms with Crippen molar-refractivity contribution < 1.29 is 9.90 Å². The maximum absolute atomic E-state index is 12.0. The normalized spacial score (nSPS) is 13.4. The molecule has 0 radical (unpaired) electrons. The quantitative estimate of drug-likeness (QED) is 0.874. The van der Waals surface area contributed by atoms with Crippen LogP contribution in [0.2, 0.25) is 5.02 Å². The van der Waals surface area contributed by atoms with Crippen LogP contribution in [0.25, 0.3) is 0 Å². The van der Waals surface area contributed by atoms with Crippen LogP contribution in [0.5, 0.6) is 0 Å². The molecule has 19 heavy (non-hydrogen) atoms. The lowest BCUT2D eigenvalue weighted by molar-refractivity contribution is 0.0860. The molecule has 1 amide bonds. The first-order valence-corrected chi connectivity index (χ1v) is 6.92. The number of hydrogen-bond acceptors (Lipinski definition) is 2. The van der Waals surface area contributed by atoms with Crippen LogP contribution in [0, 0.1) is 5.41 Å². The number of nitrogens with one attached hydrogen (secondary N) is 1. The molecule has 0 aliphatic rings. The molecule has 1 aromatic rings. The number of amides is 1. The van der Waals surface area contributed by atoms with Crippen molar-refractivity contribution >= 4 is 17.5 Å². The summed E-state index contributed by atoms with van der Waals surface area (Å²) in [4.78, 5) is 12.0. The molecule has 0 bridgehead atoms. The molecule has 1 atom stereocenters. The van der Waals surface area contributed by atoms with E-state index < -0.39 is 6.10 Å². The summed E-state index contributed by atoms with van der Waals surface area (Å²) in [5.74, 6) is -0.207. The van der Waals surface area contributed by atoms with Gasteiger partial charge < -0.3 is 15.0 Å². The van der Waals surface area contributed by atoms with Gasteiger partial charge in [0, 0.05) is 19.3 Å². The molecule has 0 aromatic carbocycles. The number of nitrogens with zero attached hydrogens (tertiary/aromatic N) is 1. The number of aliphatic hydroxyl groups is 1. The summed E-state index contributed by atoms with van der Waals surface area (Å²) in [5.41, 5.74) is 0.562. The van der Waals surface area contributed by atoms with Gasteiger partial charge in [0.15, 0.2) is 0 Å². The van der Waals surface area contributed by atoms with E-state index in [9.17, 15) is 9.90 Å². The van der Waals surface area contributed by atoms with E-state index in [2.05, 4.69) is 26.1 Å². The smallest absolute Gasteiger partial charge is 0.268 e. The second-order valence-electron chi connectivity index (χ2n) is 5.96. The molecule has 5 heteroatoms. The molecular weight excluding hydrogens is 264 g/mol. The van der Waals surface area contributed by atoms with Crippen molar-refractivity contribution in [1.82, 2.24) is 9.88 Å². The summed E-state index contributed by atoms with van der Waals surface area (Å²) < 4.78 is 1.79. The first-order valence-electron chi connectivity index (χ1n) is 6.55. The lowest BCUT2D eigenvalue weighted by Gasteiger charge is -2.22. The maximum Gasteiger partial charge on any atom is 0.268 e. The van der Waals surface area contributed by atoms with Gasteiger partial charge in [-0.15, -0.1) is 0 Å². The molecular formula is C14H23ClN2O2. The highest BCUT2D eigenvalue weighted by Gasteiger charge is 2.18. The average Bonchev–Trinajstić information content (AvgIpc) is 2.65. The van der Waals surface area contributed by atoms with Crippen molar-refractivity contribution in [2.75, 3.05) is 6.54 Å². The van der Waals surface area contributed by atoms with Crippen molar-refractivity contribution in [2.24, 2.45) is 5.41 Å². The third kappa shape index (κ3) is 5.25. The van der Waals surface area contributed by atoms with Crippen molar-refractivity contribution in [1.29, 1.82) is 0 Å². The van der Waals surface area contributed by atoms with Gasteiger partial charge in [-0.1, -0.05) is 32.4 Å². The number of rotatable bonds is 5. The van der Waals surface area contributed by atoms with E-state index in [0.29, 0.717) is 23.7 Å². The Balaban J connectivity index is 2.56. The Hall–Kier alpha value is -1.00. The Kier molecular flexibility index (Phi) is 5.44. The summed E-state index contributed by atoms with van der Waals surface area (Å²) in [6.45, 7) is 9.05. The fourth-order valence-electron chi connectivity index (χ4n) is 2.01. The molecule has 1 heterocycles. The van der Waals surface area contributed by atoms with Gasteiger partial charge >= 0.3 is 0 Å². The van der Waals surface area contributed by atoms with Crippen molar-refractivity contribution in [3.05, 3.63) is 23.0 Å². The van der Waals surface area contributed by atoms with Gasteiger partial charge in [0.1, 0.15) is 5.69 Å². The molecule has 4 nitrogen and oxygen atoms in total. The molecule has 1 rings (SSSR count). The number of hydrogen-bond donors (Lipinski definition) is 2. The summed E-state index contributed by atoms with van der Waals surface area (Å²) in [7, 11) is 0. The Bertz CT molecular complexity index is 435. The van der Waals surface area contributed by atoms with Gasteiger partial charge in [0.2, 0.25) is 0 Å². The molecule has 2 N–H and O–H groups in total. The summed E-state index contributed by atoms with van der Waals surface area (Å²) in [6, 6.07) is 1.64. The summed E-state index contributed by atoms with van der Waals surface area (Å²) in [6.07, 6.45) is 1.83. The number of halogens is 1.